The SMILES string of the molecule is c1cnc2c(-c3nc(-c4ccc(-c5ccc6ccc7cccnc7c6n5)c5ccccc45)nc4ccccc34)cccc2c1. The third kappa shape index (κ3) is 3.83. The molecule has 0 saturated carbocycles. The van der Waals surface area contributed by atoms with Gasteiger partial charge in [0, 0.05) is 50.6 Å². The third-order valence-corrected chi connectivity index (χ3v) is 8.36. The summed E-state index contributed by atoms with van der Waals surface area (Å²) in [6, 6.07) is 43.7. The topological polar surface area (TPSA) is 64.5 Å². The van der Waals surface area contributed by atoms with E-state index in [9.17, 15) is 0 Å². The van der Waals surface area contributed by atoms with Crippen LogP contribution in [-0.2, 0) is 0 Å². The van der Waals surface area contributed by atoms with Gasteiger partial charge in [0.1, 0.15) is 0 Å². The number of hydrogen-bond donors (Lipinski definition) is 0. The van der Waals surface area contributed by atoms with E-state index in [1.54, 1.807) is 0 Å². The van der Waals surface area contributed by atoms with Crippen molar-refractivity contribution in [3.63, 3.8) is 0 Å². The molecule has 0 spiro atoms. The Morgan fingerprint density at radius 3 is 1.84 bits per heavy atom. The van der Waals surface area contributed by atoms with Crippen LogP contribution in [0.1, 0.15) is 0 Å². The van der Waals surface area contributed by atoms with Gasteiger partial charge in [0.15, 0.2) is 5.82 Å². The van der Waals surface area contributed by atoms with E-state index in [1.165, 1.54) is 0 Å². The highest BCUT2D eigenvalue weighted by Crippen LogP contribution is 2.38. The van der Waals surface area contributed by atoms with E-state index in [-0.39, 0.29) is 0 Å². The van der Waals surface area contributed by atoms with Gasteiger partial charge >= 0.3 is 0 Å². The van der Waals surface area contributed by atoms with Crippen LogP contribution in [0, 0.1) is 0 Å². The summed E-state index contributed by atoms with van der Waals surface area (Å²) >= 11 is 0. The fourth-order valence-corrected chi connectivity index (χ4v) is 6.29. The first-order valence-corrected chi connectivity index (χ1v) is 14.6. The van der Waals surface area contributed by atoms with Gasteiger partial charge in [-0.05, 0) is 41.1 Å². The lowest BCUT2D eigenvalue weighted by atomic mass is 9.96. The Bertz CT molecular complexity index is 2570. The fourth-order valence-electron chi connectivity index (χ4n) is 6.29. The second-order valence-electron chi connectivity index (χ2n) is 10.9. The maximum absolute atomic E-state index is 5.24. The van der Waals surface area contributed by atoms with Crippen LogP contribution in [0.4, 0.5) is 0 Å². The molecule has 0 saturated heterocycles. The van der Waals surface area contributed by atoms with Crippen molar-refractivity contribution < 1.29 is 0 Å². The predicted molar refractivity (Wildman–Crippen MR) is 179 cm³/mol. The lowest BCUT2D eigenvalue weighted by Gasteiger charge is -2.14. The highest BCUT2D eigenvalue weighted by molar-refractivity contribution is 6.08. The van der Waals surface area contributed by atoms with E-state index >= 15 is 0 Å². The van der Waals surface area contributed by atoms with Crippen LogP contribution in [0.15, 0.2) is 140 Å². The van der Waals surface area contributed by atoms with E-state index in [1.807, 2.05) is 36.7 Å². The molecule has 0 N–H and O–H groups in total. The first-order valence-electron chi connectivity index (χ1n) is 14.6. The molecule has 0 aliphatic rings. The van der Waals surface area contributed by atoms with Crippen LogP contribution >= 0.6 is 0 Å². The Balaban J connectivity index is 1.27. The van der Waals surface area contributed by atoms with Crippen molar-refractivity contribution in [3.8, 4) is 33.9 Å². The molecule has 0 aliphatic carbocycles. The summed E-state index contributed by atoms with van der Waals surface area (Å²) in [6.45, 7) is 0. The zero-order valence-corrected chi connectivity index (χ0v) is 23.5. The predicted octanol–water partition coefficient (Wildman–Crippen LogP) is 9.43. The van der Waals surface area contributed by atoms with Gasteiger partial charge in [-0.1, -0.05) is 97.1 Å². The molecule has 44 heavy (non-hydrogen) atoms. The van der Waals surface area contributed by atoms with Crippen LogP contribution in [0.2, 0.25) is 0 Å². The summed E-state index contributed by atoms with van der Waals surface area (Å²) in [6.07, 6.45) is 3.66. The highest BCUT2D eigenvalue weighted by Gasteiger charge is 2.17. The first-order chi connectivity index (χ1) is 21.8. The van der Waals surface area contributed by atoms with E-state index in [2.05, 4.69) is 108 Å². The molecule has 5 aromatic carbocycles. The van der Waals surface area contributed by atoms with Gasteiger partial charge in [-0.2, -0.15) is 0 Å². The van der Waals surface area contributed by atoms with Crippen molar-refractivity contribution in [2.24, 2.45) is 0 Å². The molecule has 0 fully saturated rings. The zero-order chi connectivity index (χ0) is 29.0. The zero-order valence-electron chi connectivity index (χ0n) is 23.5. The van der Waals surface area contributed by atoms with E-state index < -0.39 is 0 Å². The molecule has 0 amide bonds. The van der Waals surface area contributed by atoms with E-state index in [4.69, 9.17) is 19.9 Å². The smallest absolute Gasteiger partial charge is 0.161 e. The quantitative estimate of drug-likeness (QED) is 0.201. The summed E-state index contributed by atoms with van der Waals surface area (Å²) in [5.74, 6) is 0.677. The number of hydrogen-bond acceptors (Lipinski definition) is 5. The van der Waals surface area contributed by atoms with Gasteiger partial charge in [0.25, 0.3) is 0 Å². The second kappa shape index (κ2) is 9.75. The Hall–Kier alpha value is -6.07. The van der Waals surface area contributed by atoms with Crippen molar-refractivity contribution in [1.29, 1.82) is 0 Å². The highest BCUT2D eigenvalue weighted by atomic mass is 14.9. The number of pyridine rings is 3. The van der Waals surface area contributed by atoms with Crippen molar-refractivity contribution in [1.82, 2.24) is 24.9 Å². The van der Waals surface area contributed by atoms with Crippen LogP contribution < -0.4 is 0 Å². The van der Waals surface area contributed by atoms with Crippen LogP contribution in [0.5, 0.6) is 0 Å². The molecule has 4 aromatic heterocycles. The summed E-state index contributed by atoms with van der Waals surface area (Å²) in [4.78, 5) is 24.9. The molecular weight excluding hydrogens is 538 g/mol. The largest absolute Gasteiger partial charge is 0.256 e. The number of benzene rings is 5. The Morgan fingerprint density at radius 2 is 1.00 bits per heavy atom. The monoisotopic (exact) mass is 561 g/mol. The molecule has 9 aromatic rings. The van der Waals surface area contributed by atoms with Gasteiger partial charge in [0.05, 0.1) is 33.5 Å². The van der Waals surface area contributed by atoms with Crippen LogP contribution in [0.3, 0.4) is 0 Å². The number of aromatic nitrogens is 5. The number of fused-ring (bicyclic) bond motifs is 6. The molecule has 5 nitrogen and oxygen atoms in total. The van der Waals surface area contributed by atoms with E-state index in [0.717, 1.165) is 82.5 Å². The van der Waals surface area contributed by atoms with Crippen molar-refractivity contribution >= 4 is 54.4 Å². The normalized spacial score (nSPS) is 11.6. The molecule has 0 aliphatic heterocycles. The Labute approximate surface area is 252 Å². The Kier molecular flexibility index (Phi) is 5.43. The minimum Gasteiger partial charge on any atom is -0.256 e. The molecule has 0 radical (unpaired) electrons. The number of rotatable bonds is 3. The second-order valence-corrected chi connectivity index (χ2v) is 10.9. The van der Waals surface area contributed by atoms with Crippen molar-refractivity contribution in [2.45, 2.75) is 0 Å². The average molecular weight is 562 g/mol. The maximum Gasteiger partial charge on any atom is 0.161 e. The van der Waals surface area contributed by atoms with Crippen molar-refractivity contribution in [2.75, 3.05) is 0 Å². The molecule has 204 valence electrons. The molecular formula is C39H23N5. The average Bonchev–Trinajstić information content (AvgIpc) is 3.10. The minimum absolute atomic E-state index is 0.677. The minimum atomic E-state index is 0.677. The molecule has 0 unspecified atom stereocenters. The maximum atomic E-state index is 5.24. The van der Waals surface area contributed by atoms with Crippen LogP contribution in [0.25, 0.3) is 88.3 Å². The molecule has 5 heteroatoms. The van der Waals surface area contributed by atoms with Gasteiger partial charge in [-0.15, -0.1) is 0 Å². The fraction of sp³-hybridized carbons (Fsp3) is 0. The lowest BCUT2D eigenvalue weighted by Crippen LogP contribution is -1.97. The summed E-state index contributed by atoms with van der Waals surface area (Å²) < 4.78 is 0. The Morgan fingerprint density at radius 1 is 0.364 bits per heavy atom. The van der Waals surface area contributed by atoms with Gasteiger partial charge in [-0.25, -0.2) is 15.0 Å². The molecule has 0 atom stereocenters. The standard InChI is InChI=1S/C39H23N5/c1-2-12-28-27(11-1)29(34-21-18-26-17-16-25-10-7-23-41-36(25)37(26)42-34)19-20-30(28)39-43-33-15-4-3-13-31(33)38(44-39)32-14-5-8-24-9-6-22-40-35(24)32/h1-23H. The number of para-hydroxylation sites is 2. The van der Waals surface area contributed by atoms with Crippen molar-refractivity contribution in [3.05, 3.63) is 140 Å². The summed E-state index contributed by atoms with van der Waals surface area (Å²) in [5.41, 5.74) is 8.42. The van der Waals surface area contributed by atoms with E-state index in [0.29, 0.717) is 5.82 Å². The van der Waals surface area contributed by atoms with Crippen LogP contribution in [-0.4, -0.2) is 24.9 Å². The summed E-state index contributed by atoms with van der Waals surface area (Å²) in [5, 5.41) is 6.39. The molecule has 0 bridgehead atoms. The summed E-state index contributed by atoms with van der Waals surface area (Å²) in [7, 11) is 0. The molecule has 9 rings (SSSR count). The van der Waals surface area contributed by atoms with Gasteiger partial charge in [0.2, 0.25) is 0 Å². The lowest BCUT2D eigenvalue weighted by molar-refractivity contribution is 1.23. The van der Waals surface area contributed by atoms with Gasteiger partial charge in [-0.3, -0.25) is 9.97 Å². The molecule has 4 heterocycles. The third-order valence-electron chi connectivity index (χ3n) is 8.36. The first kappa shape index (κ1) is 24.5. The number of nitrogens with zero attached hydrogens (tertiary/aromatic N) is 5. The van der Waals surface area contributed by atoms with Gasteiger partial charge < -0.3 is 0 Å².